The third kappa shape index (κ3) is 12.5. The standard InChI is InChI=1S/C37H54N4O9/c1-10-16-39-32-26-18-22(2)19-30(48-9)35(49-31(43)15-12-17-41(6)7)25(5)20-24(4)34(50-37(38)46)29(47-8)14-11-13-23(3)36(45)40-27(33(26)44)21-28(32)42/h10-11,13-14,20-22,25,29-30,34-35,39H,1,12,15-19H2,2-9H3,(H2,38,46)(H,40,45)/b14-11-,23-13+,24-20+/t22-,25-,29+,30-,34-,35?/m1/s1. The molecule has 13 heteroatoms. The van der Waals surface area contributed by atoms with Gasteiger partial charge in [0.1, 0.15) is 12.2 Å². The zero-order valence-electron chi connectivity index (χ0n) is 30.6. The molecule has 0 radical (unpaired) electrons. The van der Waals surface area contributed by atoms with E-state index in [-0.39, 0.29) is 47.8 Å². The zero-order chi connectivity index (χ0) is 37.5. The number of allylic oxidation sites excluding steroid dienone is 4. The van der Waals surface area contributed by atoms with Gasteiger partial charge in [0.2, 0.25) is 11.6 Å². The lowest BCUT2D eigenvalue weighted by molar-refractivity contribution is -0.160. The predicted octanol–water partition coefficient (Wildman–Crippen LogP) is 3.43. The van der Waals surface area contributed by atoms with Crippen LogP contribution in [-0.4, -0.2) is 100 Å². The quantitative estimate of drug-likeness (QED) is 0.164. The molecule has 0 aromatic rings. The summed E-state index contributed by atoms with van der Waals surface area (Å²) in [7, 11) is 6.80. The zero-order valence-corrected chi connectivity index (χ0v) is 30.6. The summed E-state index contributed by atoms with van der Waals surface area (Å²) in [6, 6.07) is 0. The predicted molar refractivity (Wildman–Crippen MR) is 189 cm³/mol. The van der Waals surface area contributed by atoms with Crippen molar-refractivity contribution >= 4 is 29.5 Å². The van der Waals surface area contributed by atoms with Crippen LogP contribution in [0.5, 0.6) is 0 Å². The van der Waals surface area contributed by atoms with E-state index in [4.69, 9.17) is 24.7 Å². The van der Waals surface area contributed by atoms with E-state index in [9.17, 15) is 24.0 Å². The number of fused-ring (bicyclic) bond motifs is 2. The summed E-state index contributed by atoms with van der Waals surface area (Å²) < 4.78 is 23.2. The molecule has 0 fully saturated rings. The highest BCUT2D eigenvalue weighted by Gasteiger charge is 2.35. The second-order valence-corrected chi connectivity index (χ2v) is 13.0. The van der Waals surface area contributed by atoms with Crippen molar-refractivity contribution in [1.82, 2.24) is 15.5 Å². The first-order valence-corrected chi connectivity index (χ1v) is 16.7. The monoisotopic (exact) mass is 698 g/mol. The SMILES string of the molecule is C=CCNC1=C2C[C@@H](C)C[C@@H](OC)C(OC(=O)CCCN(C)C)[C@H](C)/C=C(\C)[C@@H](OC(N)=O)[C@@H](OC)/C=C\C=C(/C)C(=O)NC(=CC1=O)C2=O. The molecule has 0 aromatic carbocycles. The number of primary amides is 1. The van der Waals surface area contributed by atoms with Crippen LogP contribution in [0.15, 0.2) is 71.1 Å². The van der Waals surface area contributed by atoms with Crippen molar-refractivity contribution in [2.24, 2.45) is 17.6 Å². The fourth-order valence-electron chi connectivity index (χ4n) is 5.87. The van der Waals surface area contributed by atoms with Gasteiger partial charge in [0, 0.05) is 50.3 Å². The number of hydrogen-bond acceptors (Lipinski definition) is 11. The molecule has 1 unspecified atom stereocenters. The topological polar surface area (TPSA) is 176 Å². The van der Waals surface area contributed by atoms with Crippen LogP contribution in [0.4, 0.5) is 4.79 Å². The minimum atomic E-state index is -1.02. The van der Waals surface area contributed by atoms with Crippen LogP contribution in [0, 0.1) is 11.8 Å². The Morgan fingerprint density at radius 1 is 1.12 bits per heavy atom. The number of amides is 2. The molecule has 276 valence electrons. The van der Waals surface area contributed by atoms with Crippen LogP contribution >= 0.6 is 0 Å². The lowest BCUT2D eigenvalue weighted by Gasteiger charge is -2.32. The van der Waals surface area contributed by atoms with Gasteiger partial charge in [-0.25, -0.2) is 4.79 Å². The molecule has 2 bridgehead atoms. The number of esters is 1. The largest absolute Gasteiger partial charge is 0.459 e. The molecule has 0 saturated carbocycles. The maximum Gasteiger partial charge on any atom is 0.405 e. The van der Waals surface area contributed by atoms with Gasteiger partial charge in [0.25, 0.3) is 5.91 Å². The van der Waals surface area contributed by atoms with E-state index in [1.807, 2.05) is 38.9 Å². The first-order valence-electron chi connectivity index (χ1n) is 16.7. The first-order chi connectivity index (χ1) is 23.6. The van der Waals surface area contributed by atoms with Gasteiger partial charge in [-0.1, -0.05) is 44.2 Å². The third-order valence-corrected chi connectivity index (χ3v) is 8.44. The summed E-state index contributed by atoms with van der Waals surface area (Å²) in [4.78, 5) is 67.4. The number of nitrogens with one attached hydrogen (secondary N) is 2. The number of nitrogens with two attached hydrogens (primary N) is 1. The van der Waals surface area contributed by atoms with Crippen LogP contribution in [0.1, 0.15) is 53.4 Å². The Morgan fingerprint density at radius 3 is 2.42 bits per heavy atom. The Morgan fingerprint density at radius 2 is 1.82 bits per heavy atom. The van der Waals surface area contributed by atoms with Crippen LogP contribution in [0.2, 0.25) is 0 Å². The van der Waals surface area contributed by atoms with E-state index in [2.05, 4.69) is 17.2 Å². The number of methoxy groups -OCH3 is 2. The Hall–Kier alpha value is -4.33. The number of rotatable bonds is 11. The van der Waals surface area contributed by atoms with Crippen molar-refractivity contribution in [3.8, 4) is 0 Å². The lowest BCUT2D eigenvalue weighted by atomic mass is 9.85. The second-order valence-electron chi connectivity index (χ2n) is 13.0. The number of hydrogen-bond donors (Lipinski definition) is 3. The molecule has 1 aliphatic carbocycles. The van der Waals surface area contributed by atoms with E-state index < -0.39 is 59.9 Å². The number of Topliss-reactive ketones (excluding diaryl/α,β-unsaturated/α-hetero) is 1. The average molecular weight is 699 g/mol. The van der Waals surface area contributed by atoms with Gasteiger partial charge < -0.3 is 40.2 Å². The Bertz CT molecular complexity index is 1430. The molecule has 6 atom stereocenters. The molecule has 2 aliphatic rings. The Labute approximate surface area is 295 Å². The minimum absolute atomic E-state index is 0.136. The Balaban J connectivity index is 2.71. The number of nitrogens with zero attached hydrogens (tertiary/aromatic N) is 1. The van der Waals surface area contributed by atoms with Crippen molar-refractivity contribution in [3.63, 3.8) is 0 Å². The molecule has 0 spiro atoms. The fourth-order valence-corrected chi connectivity index (χ4v) is 5.87. The van der Waals surface area contributed by atoms with Gasteiger partial charge in [-0.2, -0.15) is 0 Å². The Kier molecular flexibility index (Phi) is 17.0. The summed E-state index contributed by atoms with van der Waals surface area (Å²) in [5.74, 6) is -2.65. The van der Waals surface area contributed by atoms with Gasteiger partial charge in [0.05, 0.1) is 17.5 Å². The molecule has 1 aliphatic heterocycles. The van der Waals surface area contributed by atoms with Crippen molar-refractivity contribution < 1.29 is 42.9 Å². The first kappa shape index (κ1) is 41.8. The van der Waals surface area contributed by atoms with E-state index in [1.54, 1.807) is 32.1 Å². The van der Waals surface area contributed by atoms with Crippen LogP contribution in [-0.2, 0) is 38.1 Å². The molecule has 4 N–H and O–H groups in total. The van der Waals surface area contributed by atoms with Crippen molar-refractivity contribution in [3.05, 3.63) is 71.1 Å². The maximum atomic E-state index is 13.8. The van der Waals surface area contributed by atoms with Gasteiger partial charge in [-0.3, -0.25) is 19.2 Å². The van der Waals surface area contributed by atoms with Crippen molar-refractivity contribution in [2.45, 2.75) is 77.8 Å². The summed E-state index contributed by atoms with van der Waals surface area (Å²) in [5, 5.41) is 5.58. The lowest BCUT2D eigenvalue weighted by Crippen LogP contribution is -2.40. The highest BCUT2D eigenvalue weighted by molar-refractivity contribution is 6.23. The third-order valence-electron chi connectivity index (χ3n) is 8.44. The molecule has 13 nitrogen and oxygen atoms in total. The number of ether oxygens (including phenoxy) is 4. The van der Waals surface area contributed by atoms with Gasteiger partial charge in [-0.15, -0.1) is 6.58 Å². The molecular formula is C37H54N4O9. The average Bonchev–Trinajstić information content (AvgIpc) is 3.04. The van der Waals surface area contributed by atoms with E-state index in [0.717, 1.165) is 6.08 Å². The van der Waals surface area contributed by atoms with E-state index in [0.29, 0.717) is 25.0 Å². The fraction of sp³-hybridized carbons (Fsp3) is 0.541. The molecule has 50 heavy (non-hydrogen) atoms. The summed E-state index contributed by atoms with van der Waals surface area (Å²) in [6.07, 6.45) is 6.21. The molecule has 2 rings (SSSR count). The van der Waals surface area contributed by atoms with Gasteiger partial charge in [0.15, 0.2) is 6.10 Å². The molecule has 1 heterocycles. The highest BCUT2D eigenvalue weighted by atomic mass is 16.6. The normalized spacial score (nSPS) is 28.4. The molecule has 2 amide bonds. The van der Waals surface area contributed by atoms with Crippen LogP contribution < -0.4 is 16.4 Å². The highest BCUT2D eigenvalue weighted by Crippen LogP contribution is 2.30. The summed E-state index contributed by atoms with van der Waals surface area (Å²) >= 11 is 0. The molecule has 0 saturated heterocycles. The van der Waals surface area contributed by atoms with Gasteiger partial charge >= 0.3 is 12.1 Å². The summed E-state index contributed by atoms with van der Waals surface area (Å²) in [5.41, 5.74) is 6.46. The van der Waals surface area contributed by atoms with Gasteiger partial charge in [-0.05, 0) is 65.2 Å². The molecule has 0 aromatic heterocycles. The summed E-state index contributed by atoms with van der Waals surface area (Å²) in [6.45, 7) is 11.7. The van der Waals surface area contributed by atoms with Crippen molar-refractivity contribution in [2.75, 3.05) is 41.4 Å². The number of ketones is 2. The van der Waals surface area contributed by atoms with Crippen LogP contribution in [0.3, 0.4) is 0 Å². The van der Waals surface area contributed by atoms with Crippen LogP contribution in [0.25, 0.3) is 0 Å². The van der Waals surface area contributed by atoms with Crippen molar-refractivity contribution in [1.29, 1.82) is 0 Å². The van der Waals surface area contributed by atoms with E-state index >= 15 is 0 Å². The number of carbonyl (C=O) groups is 5. The molecular weight excluding hydrogens is 644 g/mol. The maximum absolute atomic E-state index is 13.8. The second kappa shape index (κ2) is 20.4. The number of carbonyl (C=O) groups excluding carboxylic acids is 5. The minimum Gasteiger partial charge on any atom is -0.459 e. The van der Waals surface area contributed by atoms with E-state index in [1.165, 1.54) is 20.3 Å². The smallest absolute Gasteiger partial charge is 0.405 e.